The first-order valence-corrected chi connectivity index (χ1v) is 9.41. The normalized spacial score (nSPS) is 10.5. The van der Waals surface area contributed by atoms with E-state index in [2.05, 4.69) is 43.0 Å². The molecule has 0 saturated carbocycles. The van der Waals surface area contributed by atoms with Gasteiger partial charge in [-0.3, -0.25) is 0 Å². The van der Waals surface area contributed by atoms with Crippen LogP contribution >= 0.6 is 0 Å². The van der Waals surface area contributed by atoms with E-state index in [1.807, 2.05) is 24.3 Å². The summed E-state index contributed by atoms with van der Waals surface area (Å²) in [6.45, 7) is 2.22. The van der Waals surface area contributed by atoms with Crippen molar-refractivity contribution in [3.05, 3.63) is 95.1 Å². The molecule has 0 saturated heterocycles. The van der Waals surface area contributed by atoms with E-state index >= 15 is 0 Å². The summed E-state index contributed by atoms with van der Waals surface area (Å²) in [5.41, 5.74) is 5.17. The van der Waals surface area contributed by atoms with Crippen LogP contribution in [-0.2, 0) is 4.74 Å². The predicted molar refractivity (Wildman–Crippen MR) is 118 cm³/mol. The molecule has 150 valence electrons. The molecule has 1 N–H and O–H groups in total. The molecular formula is C26H22O4. The maximum Gasteiger partial charge on any atom is 0.335 e. The lowest BCUT2D eigenvalue weighted by molar-refractivity contribution is 0.0515. The highest BCUT2D eigenvalue weighted by atomic mass is 16.7. The Balaban J connectivity index is 1.90. The molecule has 4 nitrogen and oxygen atoms in total. The molecule has 0 aliphatic rings. The van der Waals surface area contributed by atoms with E-state index in [0.717, 1.165) is 28.0 Å². The lowest BCUT2D eigenvalue weighted by atomic mass is 9.97. The lowest BCUT2D eigenvalue weighted by Crippen LogP contribution is -2.01. The lowest BCUT2D eigenvalue weighted by Gasteiger charge is -2.14. The summed E-state index contributed by atoms with van der Waals surface area (Å²) in [5.74, 6) is 5.81. The minimum atomic E-state index is -0.950. The highest BCUT2D eigenvalue weighted by Gasteiger charge is 2.10. The number of methoxy groups -OCH3 is 1. The Morgan fingerprint density at radius 3 is 2.43 bits per heavy atom. The van der Waals surface area contributed by atoms with Gasteiger partial charge in [0.1, 0.15) is 5.75 Å². The highest BCUT2D eigenvalue weighted by Crippen LogP contribution is 2.34. The smallest absolute Gasteiger partial charge is 0.335 e. The SMILES string of the molecule is COCOc1cccc(/C=C/C#Cc2ccc(C(=O)O)cc2)c1-c1ccc(C)cc1. The fraction of sp³-hybridized carbons (Fsp3) is 0.115. The summed E-state index contributed by atoms with van der Waals surface area (Å²) < 4.78 is 10.8. The molecule has 3 rings (SSSR count). The van der Waals surface area contributed by atoms with Gasteiger partial charge in [0.2, 0.25) is 0 Å². The van der Waals surface area contributed by atoms with Crippen molar-refractivity contribution < 1.29 is 19.4 Å². The van der Waals surface area contributed by atoms with Crippen LogP contribution in [0.5, 0.6) is 5.75 Å². The Labute approximate surface area is 176 Å². The Morgan fingerprint density at radius 1 is 1.03 bits per heavy atom. The summed E-state index contributed by atoms with van der Waals surface area (Å²) in [4.78, 5) is 10.9. The number of ether oxygens (including phenoxy) is 2. The number of hydrogen-bond acceptors (Lipinski definition) is 3. The molecule has 0 aromatic heterocycles. The molecule has 0 amide bonds. The number of carboxylic acid groups (broad SMARTS) is 1. The zero-order valence-electron chi connectivity index (χ0n) is 16.9. The number of benzene rings is 3. The average molecular weight is 398 g/mol. The van der Waals surface area contributed by atoms with Gasteiger partial charge >= 0.3 is 5.97 Å². The zero-order valence-corrected chi connectivity index (χ0v) is 16.9. The van der Waals surface area contributed by atoms with E-state index in [4.69, 9.17) is 14.6 Å². The first-order chi connectivity index (χ1) is 14.6. The minimum absolute atomic E-state index is 0.165. The summed E-state index contributed by atoms with van der Waals surface area (Å²) in [5, 5.41) is 8.96. The maximum absolute atomic E-state index is 10.9. The second kappa shape index (κ2) is 10.1. The van der Waals surface area contributed by atoms with Gasteiger partial charge < -0.3 is 14.6 Å². The van der Waals surface area contributed by atoms with Gasteiger partial charge in [-0.25, -0.2) is 4.79 Å². The topological polar surface area (TPSA) is 55.8 Å². The number of aromatic carboxylic acids is 1. The molecule has 0 aliphatic heterocycles. The third kappa shape index (κ3) is 5.38. The van der Waals surface area contributed by atoms with Crippen LogP contribution in [0.2, 0.25) is 0 Å². The molecule has 0 spiro atoms. The minimum Gasteiger partial charge on any atom is -0.478 e. The Morgan fingerprint density at radius 2 is 1.77 bits per heavy atom. The molecule has 0 radical (unpaired) electrons. The van der Waals surface area contributed by atoms with Crippen molar-refractivity contribution in [3.63, 3.8) is 0 Å². The third-order valence-corrected chi connectivity index (χ3v) is 4.43. The fourth-order valence-corrected chi connectivity index (χ4v) is 2.91. The van der Waals surface area contributed by atoms with Gasteiger partial charge in [0.25, 0.3) is 0 Å². The van der Waals surface area contributed by atoms with Crippen molar-refractivity contribution in [3.8, 4) is 28.7 Å². The number of hydrogen-bond donors (Lipinski definition) is 1. The van der Waals surface area contributed by atoms with Gasteiger partial charge in [-0.05, 0) is 60.5 Å². The van der Waals surface area contributed by atoms with Crippen LogP contribution in [0.4, 0.5) is 0 Å². The predicted octanol–water partition coefficient (Wildman–Crippen LogP) is 5.41. The maximum atomic E-state index is 10.9. The van der Waals surface area contributed by atoms with E-state index in [1.165, 1.54) is 5.56 Å². The monoisotopic (exact) mass is 398 g/mol. The van der Waals surface area contributed by atoms with Crippen molar-refractivity contribution in [1.82, 2.24) is 0 Å². The van der Waals surface area contributed by atoms with E-state index in [9.17, 15) is 4.79 Å². The Hall–Kier alpha value is -3.81. The van der Waals surface area contributed by atoms with Crippen LogP contribution in [0.1, 0.15) is 27.0 Å². The van der Waals surface area contributed by atoms with E-state index < -0.39 is 5.97 Å². The first-order valence-electron chi connectivity index (χ1n) is 9.41. The number of carbonyl (C=O) groups is 1. The highest BCUT2D eigenvalue weighted by molar-refractivity contribution is 5.87. The molecule has 0 bridgehead atoms. The fourth-order valence-electron chi connectivity index (χ4n) is 2.91. The first kappa shape index (κ1) is 20.9. The van der Waals surface area contributed by atoms with Gasteiger partial charge in [0.05, 0.1) is 5.56 Å². The third-order valence-electron chi connectivity index (χ3n) is 4.43. The van der Waals surface area contributed by atoms with Crippen LogP contribution in [0, 0.1) is 18.8 Å². The van der Waals surface area contributed by atoms with E-state index in [1.54, 1.807) is 37.5 Å². The summed E-state index contributed by atoms with van der Waals surface area (Å²) >= 11 is 0. The molecule has 0 aliphatic carbocycles. The van der Waals surface area contributed by atoms with Crippen molar-refractivity contribution in [2.24, 2.45) is 0 Å². The molecule has 0 unspecified atom stereocenters. The largest absolute Gasteiger partial charge is 0.478 e. The van der Waals surface area contributed by atoms with Gasteiger partial charge in [0, 0.05) is 18.2 Å². The van der Waals surface area contributed by atoms with Crippen LogP contribution in [0.3, 0.4) is 0 Å². The number of carboxylic acids is 1. The molecule has 0 atom stereocenters. The van der Waals surface area contributed by atoms with Crippen molar-refractivity contribution in [2.75, 3.05) is 13.9 Å². The van der Waals surface area contributed by atoms with Crippen molar-refractivity contribution >= 4 is 12.0 Å². The summed E-state index contributed by atoms with van der Waals surface area (Å²) in [6, 6.07) is 20.6. The Bertz CT molecular complexity index is 1100. The number of aryl methyl sites for hydroxylation is 1. The van der Waals surface area contributed by atoms with Gasteiger partial charge in [0.15, 0.2) is 6.79 Å². The van der Waals surface area contributed by atoms with Gasteiger partial charge in [-0.2, -0.15) is 0 Å². The van der Waals surface area contributed by atoms with Crippen molar-refractivity contribution in [2.45, 2.75) is 6.92 Å². The van der Waals surface area contributed by atoms with Crippen LogP contribution in [0.25, 0.3) is 17.2 Å². The van der Waals surface area contributed by atoms with Crippen LogP contribution in [0.15, 0.2) is 72.8 Å². The van der Waals surface area contributed by atoms with Crippen LogP contribution < -0.4 is 4.74 Å². The number of allylic oxidation sites excluding steroid dienone is 1. The standard InChI is InChI=1S/C26H22O4/c1-19-10-14-22(15-11-19)25-21(8-5-9-24(25)30-18-29-2)7-4-3-6-20-12-16-23(17-13-20)26(27)28/h4-5,7-17H,18H2,1-2H3,(H,27,28)/b7-4+. The molecule has 0 fully saturated rings. The average Bonchev–Trinajstić information content (AvgIpc) is 2.76. The van der Waals surface area contributed by atoms with Crippen LogP contribution in [-0.4, -0.2) is 25.0 Å². The van der Waals surface area contributed by atoms with E-state index in [-0.39, 0.29) is 12.4 Å². The molecule has 0 heterocycles. The molecule has 4 heteroatoms. The Kier molecular flexibility index (Phi) is 7.05. The number of rotatable bonds is 6. The quantitative estimate of drug-likeness (QED) is 0.446. The van der Waals surface area contributed by atoms with E-state index in [0.29, 0.717) is 0 Å². The summed E-state index contributed by atoms with van der Waals surface area (Å²) in [6.07, 6.45) is 3.71. The molecule has 3 aromatic carbocycles. The molecular weight excluding hydrogens is 376 g/mol. The van der Waals surface area contributed by atoms with Gasteiger partial charge in [-0.1, -0.05) is 53.8 Å². The zero-order chi connectivity index (χ0) is 21.3. The molecule has 30 heavy (non-hydrogen) atoms. The van der Waals surface area contributed by atoms with Gasteiger partial charge in [-0.15, -0.1) is 0 Å². The van der Waals surface area contributed by atoms with Crippen molar-refractivity contribution in [1.29, 1.82) is 0 Å². The second-order valence-electron chi connectivity index (χ2n) is 6.62. The molecule has 3 aromatic rings. The second-order valence-corrected chi connectivity index (χ2v) is 6.62. The summed E-state index contributed by atoms with van der Waals surface area (Å²) in [7, 11) is 1.59.